The SMILES string of the molecule is COc1ccc2cc(-c3[nH]ncc3CN3CCN(Cc4ccccn4)CC3)ccc2c1. The fraction of sp³-hybridized carbons (Fsp3) is 0.280. The average Bonchev–Trinajstić information content (AvgIpc) is 3.28. The predicted molar refractivity (Wildman–Crippen MR) is 123 cm³/mol. The smallest absolute Gasteiger partial charge is 0.119 e. The Morgan fingerprint density at radius 2 is 1.68 bits per heavy atom. The molecule has 0 radical (unpaired) electrons. The van der Waals surface area contributed by atoms with Gasteiger partial charge in [0.1, 0.15) is 5.75 Å². The number of nitrogens with zero attached hydrogens (tertiary/aromatic N) is 4. The largest absolute Gasteiger partial charge is 0.497 e. The van der Waals surface area contributed by atoms with Gasteiger partial charge in [-0.25, -0.2) is 0 Å². The normalized spacial score (nSPS) is 15.4. The highest BCUT2D eigenvalue weighted by atomic mass is 16.5. The van der Waals surface area contributed by atoms with Crippen LogP contribution in [-0.4, -0.2) is 58.3 Å². The van der Waals surface area contributed by atoms with Crippen LogP contribution in [0.25, 0.3) is 22.0 Å². The summed E-state index contributed by atoms with van der Waals surface area (Å²) >= 11 is 0. The molecule has 0 saturated carbocycles. The van der Waals surface area contributed by atoms with E-state index in [0.717, 1.165) is 56.4 Å². The number of benzene rings is 2. The molecule has 0 bridgehead atoms. The topological polar surface area (TPSA) is 57.3 Å². The number of hydrogen-bond acceptors (Lipinski definition) is 5. The molecule has 31 heavy (non-hydrogen) atoms. The van der Waals surface area contributed by atoms with Gasteiger partial charge in [0.25, 0.3) is 0 Å². The second kappa shape index (κ2) is 8.88. The Morgan fingerprint density at radius 1 is 0.903 bits per heavy atom. The molecule has 6 nitrogen and oxygen atoms in total. The Bertz CT molecular complexity index is 1150. The molecule has 2 aromatic heterocycles. The van der Waals surface area contributed by atoms with Crippen LogP contribution in [-0.2, 0) is 13.1 Å². The van der Waals surface area contributed by atoms with Gasteiger partial charge in [0.05, 0.1) is 24.7 Å². The molecule has 3 heterocycles. The molecule has 0 atom stereocenters. The zero-order valence-electron chi connectivity index (χ0n) is 17.8. The quantitative estimate of drug-likeness (QED) is 0.519. The number of nitrogens with one attached hydrogen (secondary N) is 1. The van der Waals surface area contributed by atoms with Gasteiger partial charge in [-0.1, -0.05) is 24.3 Å². The second-order valence-corrected chi connectivity index (χ2v) is 8.07. The summed E-state index contributed by atoms with van der Waals surface area (Å²) < 4.78 is 5.34. The third-order valence-electron chi connectivity index (χ3n) is 6.02. The second-order valence-electron chi connectivity index (χ2n) is 8.07. The summed E-state index contributed by atoms with van der Waals surface area (Å²) in [5.74, 6) is 0.879. The van der Waals surface area contributed by atoms with Gasteiger partial charge in [0.15, 0.2) is 0 Å². The molecule has 0 spiro atoms. The molecule has 1 aliphatic rings. The number of rotatable bonds is 6. The van der Waals surface area contributed by atoms with Gasteiger partial charge in [-0.2, -0.15) is 5.10 Å². The van der Waals surface area contributed by atoms with Gasteiger partial charge >= 0.3 is 0 Å². The summed E-state index contributed by atoms with van der Waals surface area (Å²) in [6.45, 7) is 6.05. The molecule has 0 unspecified atom stereocenters. The number of ether oxygens (including phenoxy) is 1. The zero-order chi connectivity index (χ0) is 21.0. The first-order valence-electron chi connectivity index (χ1n) is 10.7. The maximum Gasteiger partial charge on any atom is 0.119 e. The van der Waals surface area contributed by atoms with Crippen molar-refractivity contribution in [1.29, 1.82) is 0 Å². The van der Waals surface area contributed by atoms with Crippen LogP contribution in [0.1, 0.15) is 11.3 Å². The van der Waals surface area contributed by atoms with E-state index < -0.39 is 0 Å². The van der Waals surface area contributed by atoms with E-state index in [2.05, 4.69) is 67.4 Å². The van der Waals surface area contributed by atoms with E-state index in [1.807, 2.05) is 24.5 Å². The number of pyridine rings is 1. The van der Waals surface area contributed by atoms with Crippen molar-refractivity contribution in [2.45, 2.75) is 13.1 Å². The number of methoxy groups -OCH3 is 1. The average molecular weight is 414 g/mol. The van der Waals surface area contributed by atoms with E-state index in [1.165, 1.54) is 21.9 Å². The first kappa shape index (κ1) is 19.7. The third-order valence-corrected chi connectivity index (χ3v) is 6.02. The van der Waals surface area contributed by atoms with Gasteiger partial charge in [-0.15, -0.1) is 0 Å². The molecule has 0 aliphatic carbocycles. The number of aromatic amines is 1. The lowest BCUT2D eigenvalue weighted by molar-refractivity contribution is 0.121. The van der Waals surface area contributed by atoms with Crippen molar-refractivity contribution < 1.29 is 4.74 Å². The van der Waals surface area contributed by atoms with E-state index in [9.17, 15) is 0 Å². The first-order valence-corrected chi connectivity index (χ1v) is 10.7. The number of aromatic nitrogens is 3. The van der Waals surface area contributed by atoms with Crippen molar-refractivity contribution in [2.75, 3.05) is 33.3 Å². The maximum absolute atomic E-state index is 5.34. The molecule has 5 rings (SSSR count). The van der Waals surface area contributed by atoms with Crippen molar-refractivity contribution in [2.24, 2.45) is 0 Å². The lowest BCUT2D eigenvalue weighted by Crippen LogP contribution is -2.45. The summed E-state index contributed by atoms with van der Waals surface area (Å²) in [5.41, 5.74) is 4.65. The Kier molecular flexibility index (Phi) is 5.65. The Labute approximate surface area is 182 Å². The van der Waals surface area contributed by atoms with Crippen LogP contribution < -0.4 is 4.74 Å². The van der Waals surface area contributed by atoms with Gasteiger partial charge < -0.3 is 4.74 Å². The number of fused-ring (bicyclic) bond motifs is 1. The van der Waals surface area contributed by atoms with Crippen LogP contribution in [0.4, 0.5) is 0 Å². The van der Waals surface area contributed by atoms with Crippen LogP contribution >= 0.6 is 0 Å². The first-order chi connectivity index (χ1) is 15.3. The van der Waals surface area contributed by atoms with Crippen LogP contribution in [0, 0.1) is 0 Å². The van der Waals surface area contributed by atoms with Crippen LogP contribution in [0.5, 0.6) is 5.75 Å². The van der Waals surface area contributed by atoms with E-state index in [-0.39, 0.29) is 0 Å². The van der Waals surface area contributed by atoms with Crippen LogP contribution in [0.3, 0.4) is 0 Å². The van der Waals surface area contributed by atoms with E-state index >= 15 is 0 Å². The minimum Gasteiger partial charge on any atom is -0.497 e. The molecule has 158 valence electrons. The van der Waals surface area contributed by atoms with E-state index in [0.29, 0.717) is 0 Å². The highest BCUT2D eigenvalue weighted by Gasteiger charge is 2.19. The Morgan fingerprint density at radius 3 is 2.45 bits per heavy atom. The molecule has 2 aromatic carbocycles. The molecular formula is C25H27N5O. The molecule has 1 fully saturated rings. The van der Waals surface area contributed by atoms with Gasteiger partial charge in [-0.05, 0) is 41.1 Å². The predicted octanol–water partition coefficient (Wildman–Crippen LogP) is 3.95. The summed E-state index contributed by atoms with van der Waals surface area (Å²) in [6.07, 6.45) is 3.84. The molecule has 1 aliphatic heterocycles. The summed E-state index contributed by atoms with van der Waals surface area (Å²) in [5, 5.41) is 9.94. The Hall–Kier alpha value is -3.22. The highest BCUT2D eigenvalue weighted by Crippen LogP contribution is 2.28. The van der Waals surface area contributed by atoms with E-state index in [4.69, 9.17) is 4.74 Å². The summed E-state index contributed by atoms with van der Waals surface area (Å²) in [6, 6.07) is 18.8. The fourth-order valence-corrected chi connectivity index (χ4v) is 4.25. The monoisotopic (exact) mass is 413 g/mol. The van der Waals surface area contributed by atoms with Crippen molar-refractivity contribution >= 4 is 10.8 Å². The van der Waals surface area contributed by atoms with Crippen LogP contribution in [0.15, 0.2) is 67.0 Å². The summed E-state index contributed by atoms with van der Waals surface area (Å²) in [4.78, 5) is 9.44. The minimum absolute atomic E-state index is 0.879. The van der Waals surface area contributed by atoms with Crippen molar-refractivity contribution in [1.82, 2.24) is 25.0 Å². The zero-order valence-corrected chi connectivity index (χ0v) is 17.8. The molecule has 1 saturated heterocycles. The van der Waals surface area contributed by atoms with E-state index in [1.54, 1.807) is 7.11 Å². The third kappa shape index (κ3) is 4.45. The summed E-state index contributed by atoms with van der Waals surface area (Å²) in [7, 11) is 1.70. The maximum atomic E-state index is 5.34. The van der Waals surface area contributed by atoms with Crippen molar-refractivity contribution in [3.8, 4) is 17.0 Å². The van der Waals surface area contributed by atoms with Crippen LogP contribution in [0.2, 0.25) is 0 Å². The van der Waals surface area contributed by atoms with Gasteiger partial charge in [0, 0.05) is 56.6 Å². The number of piperazine rings is 1. The molecular weight excluding hydrogens is 386 g/mol. The molecule has 1 N–H and O–H groups in total. The minimum atomic E-state index is 0.879. The lowest BCUT2D eigenvalue weighted by atomic mass is 10.0. The molecule has 4 aromatic rings. The van der Waals surface area contributed by atoms with Gasteiger partial charge in [-0.3, -0.25) is 19.9 Å². The van der Waals surface area contributed by atoms with Crippen molar-refractivity contribution in [3.05, 3.63) is 78.2 Å². The van der Waals surface area contributed by atoms with Gasteiger partial charge in [0.2, 0.25) is 0 Å². The molecule has 6 heteroatoms. The molecule has 0 amide bonds. The number of H-pyrrole nitrogens is 1. The lowest BCUT2D eigenvalue weighted by Gasteiger charge is -2.34. The standard InChI is InChI=1S/C25H27N5O/c1-31-24-8-7-19-14-21(6-5-20(19)15-24)25-22(16-27-28-25)17-29-10-12-30(13-11-29)18-23-4-2-3-9-26-23/h2-9,14-16H,10-13,17-18H2,1H3,(H,27,28). The van der Waals surface area contributed by atoms with Crippen molar-refractivity contribution in [3.63, 3.8) is 0 Å². The fourth-order valence-electron chi connectivity index (χ4n) is 4.25. The number of hydrogen-bond donors (Lipinski definition) is 1. The Balaban J connectivity index is 1.25. The highest BCUT2D eigenvalue weighted by molar-refractivity contribution is 5.88.